The van der Waals surface area contributed by atoms with E-state index in [1.807, 2.05) is 19.1 Å². The first-order chi connectivity index (χ1) is 5.24. The molecule has 1 aromatic heterocycles. The third kappa shape index (κ3) is 1.67. The van der Waals surface area contributed by atoms with Gasteiger partial charge in [0.2, 0.25) is 0 Å². The Bertz CT molecular complexity index is 262. The van der Waals surface area contributed by atoms with E-state index in [1.165, 1.54) is 0 Å². The number of aromatic nitrogens is 1. The summed E-state index contributed by atoms with van der Waals surface area (Å²) in [5, 5.41) is 3.34. The van der Waals surface area contributed by atoms with Crippen LogP contribution in [0, 0.1) is 6.92 Å². The first kappa shape index (κ1) is 7.53. The quantitative estimate of drug-likeness (QED) is 0.255. The molecule has 0 atom stereocenters. The number of nitrogens with two attached hydrogens (primary N) is 2. The van der Waals surface area contributed by atoms with Crippen LogP contribution in [0.25, 0.3) is 0 Å². The molecule has 0 bridgehead atoms. The molecule has 11 heavy (non-hydrogen) atoms. The SMILES string of the molecule is Cc1ccc(/C(N)=N/N)cn1. The van der Waals surface area contributed by atoms with Crippen LogP contribution in [0.2, 0.25) is 0 Å². The van der Waals surface area contributed by atoms with E-state index >= 15 is 0 Å². The molecule has 58 valence electrons. The van der Waals surface area contributed by atoms with Crippen molar-refractivity contribution in [2.24, 2.45) is 16.7 Å². The lowest BCUT2D eigenvalue weighted by molar-refractivity contribution is 1.18. The van der Waals surface area contributed by atoms with E-state index in [0.29, 0.717) is 5.84 Å². The van der Waals surface area contributed by atoms with E-state index in [-0.39, 0.29) is 0 Å². The van der Waals surface area contributed by atoms with Crippen LogP contribution < -0.4 is 11.6 Å². The van der Waals surface area contributed by atoms with Crippen LogP contribution in [0.3, 0.4) is 0 Å². The van der Waals surface area contributed by atoms with Gasteiger partial charge in [-0.05, 0) is 19.1 Å². The van der Waals surface area contributed by atoms with Gasteiger partial charge in [-0.3, -0.25) is 4.98 Å². The summed E-state index contributed by atoms with van der Waals surface area (Å²) < 4.78 is 0. The maximum absolute atomic E-state index is 5.43. The molecule has 0 aliphatic carbocycles. The van der Waals surface area contributed by atoms with Gasteiger partial charge in [0.15, 0.2) is 5.84 Å². The number of hydrogen-bond acceptors (Lipinski definition) is 3. The number of pyridine rings is 1. The van der Waals surface area contributed by atoms with Gasteiger partial charge in [-0.2, -0.15) is 5.10 Å². The highest BCUT2D eigenvalue weighted by Gasteiger charge is 1.95. The summed E-state index contributed by atoms with van der Waals surface area (Å²) in [6, 6.07) is 3.68. The zero-order valence-electron chi connectivity index (χ0n) is 6.28. The molecule has 0 saturated carbocycles. The Morgan fingerprint density at radius 1 is 1.55 bits per heavy atom. The monoisotopic (exact) mass is 150 g/mol. The van der Waals surface area contributed by atoms with Crippen molar-refractivity contribution in [3.8, 4) is 0 Å². The molecule has 0 aromatic carbocycles. The maximum atomic E-state index is 5.43. The summed E-state index contributed by atoms with van der Waals surface area (Å²) in [7, 11) is 0. The molecular formula is C7H10N4. The molecule has 4 nitrogen and oxygen atoms in total. The topological polar surface area (TPSA) is 77.3 Å². The minimum absolute atomic E-state index is 0.303. The van der Waals surface area contributed by atoms with Crippen molar-refractivity contribution in [1.29, 1.82) is 0 Å². The Kier molecular flexibility index (Phi) is 2.06. The summed E-state index contributed by atoms with van der Waals surface area (Å²) in [5.41, 5.74) is 7.12. The smallest absolute Gasteiger partial charge is 0.151 e. The predicted molar refractivity (Wildman–Crippen MR) is 43.9 cm³/mol. The standard InChI is InChI=1S/C7H10N4/c1-5-2-3-6(4-10-5)7(8)11-9/h2-4H,9H2,1H3,(H2,8,11). The molecule has 0 aliphatic heterocycles. The molecule has 0 fully saturated rings. The summed E-state index contributed by atoms with van der Waals surface area (Å²) >= 11 is 0. The van der Waals surface area contributed by atoms with Crippen LogP contribution >= 0.6 is 0 Å². The number of hydrazone groups is 1. The van der Waals surface area contributed by atoms with Gasteiger partial charge in [-0.15, -0.1) is 0 Å². The molecule has 1 aromatic rings. The Morgan fingerprint density at radius 2 is 2.27 bits per heavy atom. The van der Waals surface area contributed by atoms with E-state index in [4.69, 9.17) is 11.6 Å². The average molecular weight is 150 g/mol. The van der Waals surface area contributed by atoms with Crippen LogP contribution in [0.5, 0.6) is 0 Å². The average Bonchev–Trinajstić information content (AvgIpc) is 2.05. The van der Waals surface area contributed by atoms with E-state index in [9.17, 15) is 0 Å². The van der Waals surface area contributed by atoms with Gasteiger partial charge >= 0.3 is 0 Å². The van der Waals surface area contributed by atoms with Crippen molar-refractivity contribution in [3.63, 3.8) is 0 Å². The van der Waals surface area contributed by atoms with Gasteiger partial charge in [-0.1, -0.05) is 0 Å². The van der Waals surface area contributed by atoms with Crippen LogP contribution in [-0.2, 0) is 0 Å². The summed E-state index contributed by atoms with van der Waals surface area (Å²) in [4.78, 5) is 4.03. The highest BCUT2D eigenvalue weighted by molar-refractivity contribution is 5.96. The van der Waals surface area contributed by atoms with Crippen molar-refractivity contribution in [1.82, 2.24) is 4.98 Å². The molecule has 1 rings (SSSR count). The van der Waals surface area contributed by atoms with Crippen LogP contribution in [-0.4, -0.2) is 10.8 Å². The molecule has 0 aliphatic rings. The van der Waals surface area contributed by atoms with Crippen LogP contribution in [0.15, 0.2) is 23.4 Å². The first-order valence-electron chi connectivity index (χ1n) is 3.20. The van der Waals surface area contributed by atoms with Crippen LogP contribution in [0.1, 0.15) is 11.3 Å². The number of aryl methyl sites for hydroxylation is 1. The fourth-order valence-electron chi connectivity index (χ4n) is 0.694. The number of hydrogen-bond donors (Lipinski definition) is 2. The Labute approximate surface area is 64.9 Å². The van der Waals surface area contributed by atoms with Crippen molar-refractivity contribution >= 4 is 5.84 Å². The summed E-state index contributed by atoms with van der Waals surface area (Å²) in [5.74, 6) is 5.28. The molecule has 0 spiro atoms. The minimum Gasteiger partial charge on any atom is -0.382 e. The minimum atomic E-state index is 0.303. The van der Waals surface area contributed by atoms with E-state index < -0.39 is 0 Å². The molecule has 1 heterocycles. The van der Waals surface area contributed by atoms with Crippen molar-refractivity contribution < 1.29 is 0 Å². The van der Waals surface area contributed by atoms with Crippen molar-refractivity contribution in [2.75, 3.05) is 0 Å². The van der Waals surface area contributed by atoms with Crippen molar-refractivity contribution in [3.05, 3.63) is 29.6 Å². The van der Waals surface area contributed by atoms with Gasteiger partial charge in [0.05, 0.1) is 0 Å². The number of nitrogens with zero attached hydrogens (tertiary/aromatic N) is 2. The lowest BCUT2D eigenvalue weighted by Crippen LogP contribution is -2.15. The first-order valence-corrected chi connectivity index (χ1v) is 3.20. The second-order valence-corrected chi connectivity index (χ2v) is 2.20. The Hall–Kier alpha value is -1.58. The largest absolute Gasteiger partial charge is 0.382 e. The lowest BCUT2D eigenvalue weighted by Gasteiger charge is -1.97. The fourth-order valence-corrected chi connectivity index (χ4v) is 0.694. The molecule has 0 saturated heterocycles. The summed E-state index contributed by atoms with van der Waals surface area (Å²) in [6.07, 6.45) is 1.64. The molecule has 0 radical (unpaired) electrons. The van der Waals surface area contributed by atoms with Gasteiger partial charge in [0.1, 0.15) is 0 Å². The van der Waals surface area contributed by atoms with E-state index in [2.05, 4.69) is 10.1 Å². The maximum Gasteiger partial charge on any atom is 0.151 e. The molecular weight excluding hydrogens is 140 g/mol. The third-order valence-corrected chi connectivity index (χ3v) is 1.35. The van der Waals surface area contributed by atoms with Crippen LogP contribution in [0.4, 0.5) is 0 Å². The zero-order valence-corrected chi connectivity index (χ0v) is 6.28. The van der Waals surface area contributed by atoms with Gasteiger partial charge in [-0.25, -0.2) is 0 Å². The molecule has 4 heteroatoms. The zero-order chi connectivity index (χ0) is 8.27. The van der Waals surface area contributed by atoms with Gasteiger partial charge < -0.3 is 11.6 Å². The van der Waals surface area contributed by atoms with Crippen molar-refractivity contribution in [2.45, 2.75) is 6.92 Å². The van der Waals surface area contributed by atoms with E-state index in [0.717, 1.165) is 11.3 Å². The summed E-state index contributed by atoms with van der Waals surface area (Å²) in [6.45, 7) is 1.90. The Balaban J connectivity index is 2.99. The highest BCUT2D eigenvalue weighted by atomic mass is 15.2. The van der Waals surface area contributed by atoms with Gasteiger partial charge in [0.25, 0.3) is 0 Å². The number of rotatable bonds is 1. The normalized spacial score (nSPS) is 11.5. The highest BCUT2D eigenvalue weighted by Crippen LogP contribution is 1.97. The second-order valence-electron chi connectivity index (χ2n) is 2.20. The number of amidine groups is 1. The molecule has 0 amide bonds. The predicted octanol–water partition coefficient (Wildman–Crippen LogP) is -0.0310. The Morgan fingerprint density at radius 3 is 2.73 bits per heavy atom. The lowest BCUT2D eigenvalue weighted by atomic mass is 10.2. The molecule has 4 N–H and O–H groups in total. The third-order valence-electron chi connectivity index (χ3n) is 1.35. The second kappa shape index (κ2) is 3.01. The van der Waals surface area contributed by atoms with Gasteiger partial charge in [0, 0.05) is 17.5 Å². The fraction of sp³-hybridized carbons (Fsp3) is 0.143. The molecule has 0 unspecified atom stereocenters. The van der Waals surface area contributed by atoms with E-state index in [1.54, 1.807) is 6.20 Å².